The van der Waals surface area contributed by atoms with Crippen molar-refractivity contribution in [1.29, 1.82) is 0 Å². The van der Waals surface area contributed by atoms with Gasteiger partial charge in [0.15, 0.2) is 6.61 Å². The Bertz CT molecular complexity index is 501. The molecule has 4 nitrogen and oxygen atoms in total. The van der Waals surface area contributed by atoms with E-state index >= 15 is 0 Å². The molecule has 0 saturated heterocycles. The van der Waals surface area contributed by atoms with Crippen molar-refractivity contribution in [2.24, 2.45) is 5.92 Å². The summed E-state index contributed by atoms with van der Waals surface area (Å²) in [6.07, 6.45) is 4.54. The highest BCUT2D eigenvalue weighted by Crippen LogP contribution is 2.23. The monoisotopic (exact) mass is 401 g/mol. The van der Waals surface area contributed by atoms with Crippen molar-refractivity contribution in [3.05, 3.63) is 33.4 Å². The molecule has 1 fully saturated rings. The summed E-state index contributed by atoms with van der Waals surface area (Å²) < 4.78 is 6.10. The summed E-state index contributed by atoms with van der Waals surface area (Å²) >= 11 is 2.17. The zero-order valence-electron chi connectivity index (χ0n) is 12.1. The molecule has 1 aromatic carbocycles. The van der Waals surface area contributed by atoms with Gasteiger partial charge in [0.25, 0.3) is 5.91 Å². The molecule has 1 N–H and O–H groups in total. The molecule has 0 spiro atoms. The Balaban J connectivity index is 1.78. The molecule has 1 saturated carbocycles. The third-order valence-electron chi connectivity index (χ3n) is 3.87. The Hall–Kier alpha value is -1.11. The van der Waals surface area contributed by atoms with Gasteiger partial charge in [-0.3, -0.25) is 4.79 Å². The summed E-state index contributed by atoms with van der Waals surface area (Å²) in [6.45, 7) is 1.94. The lowest BCUT2D eigenvalue weighted by Gasteiger charge is -2.29. The number of rotatable bonds is 4. The minimum absolute atomic E-state index is 0.211. The van der Waals surface area contributed by atoms with Crippen molar-refractivity contribution in [3.63, 3.8) is 0 Å². The fraction of sp³-hybridized carbons (Fsp3) is 0.500. The van der Waals surface area contributed by atoms with Gasteiger partial charge in [-0.25, -0.2) is 4.79 Å². The molecule has 0 aromatic heterocycles. The van der Waals surface area contributed by atoms with Crippen molar-refractivity contribution in [3.8, 4) is 0 Å². The van der Waals surface area contributed by atoms with E-state index in [1.165, 1.54) is 6.42 Å². The Labute approximate surface area is 138 Å². The summed E-state index contributed by atoms with van der Waals surface area (Å²) in [7, 11) is 0. The number of ether oxygens (including phenoxy) is 1. The number of carbonyl (C=O) groups is 2. The number of esters is 1. The van der Waals surface area contributed by atoms with Crippen LogP contribution in [-0.4, -0.2) is 24.5 Å². The van der Waals surface area contributed by atoms with Crippen LogP contribution in [-0.2, 0) is 9.53 Å². The van der Waals surface area contributed by atoms with Gasteiger partial charge in [0, 0.05) is 9.61 Å². The van der Waals surface area contributed by atoms with E-state index < -0.39 is 5.97 Å². The highest BCUT2D eigenvalue weighted by Gasteiger charge is 2.23. The summed E-state index contributed by atoms with van der Waals surface area (Å²) in [4.78, 5) is 23.7. The molecule has 0 aliphatic heterocycles. The first-order chi connectivity index (χ1) is 10.1. The second-order valence-corrected chi connectivity index (χ2v) is 6.76. The van der Waals surface area contributed by atoms with Crippen molar-refractivity contribution >= 4 is 34.5 Å². The number of benzene rings is 1. The fourth-order valence-electron chi connectivity index (χ4n) is 2.58. The molecule has 114 valence electrons. The van der Waals surface area contributed by atoms with Gasteiger partial charge in [0.05, 0.1) is 5.56 Å². The molecule has 0 heterocycles. The van der Waals surface area contributed by atoms with Crippen LogP contribution in [0.3, 0.4) is 0 Å². The number of carbonyl (C=O) groups excluding carboxylic acids is 2. The van der Waals surface area contributed by atoms with Gasteiger partial charge in [-0.1, -0.05) is 19.8 Å². The Morgan fingerprint density at radius 1 is 1.24 bits per heavy atom. The summed E-state index contributed by atoms with van der Waals surface area (Å²) in [5.41, 5.74) is 0.467. The molecule has 1 aromatic rings. The van der Waals surface area contributed by atoms with E-state index in [0.29, 0.717) is 11.5 Å². The molecule has 1 aliphatic rings. The second kappa shape index (κ2) is 7.77. The van der Waals surface area contributed by atoms with Crippen molar-refractivity contribution in [2.45, 2.75) is 38.6 Å². The zero-order valence-corrected chi connectivity index (χ0v) is 14.3. The number of halogens is 1. The van der Waals surface area contributed by atoms with Crippen LogP contribution in [0, 0.1) is 9.49 Å². The maximum Gasteiger partial charge on any atom is 0.338 e. The Morgan fingerprint density at radius 3 is 2.57 bits per heavy atom. The van der Waals surface area contributed by atoms with Crippen LogP contribution in [0.5, 0.6) is 0 Å². The largest absolute Gasteiger partial charge is 0.452 e. The van der Waals surface area contributed by atoms with Crippen LogP contribution >= 0.6 is 22.6 Å². The van der Waals surface area contributed by atoms with Crippen LogP contribution < -0.4 is 5.32 Å². The molecule has 0 bridgehead atoms. The van der Waals surface area contributed by atoms with Crippen LogP contribution in [0.15, 0.2) is 24.3 Å². The zero-order chi connectivity index (χ0) is 15.2. The molecule has 2 rings (SSSR count). The van der Waals surface area contributed by atoms with Crippen LogP contribution in [0.4, 0.5) is 0 Å². The van der Waals surface area contributed by atoms with E-state index in [9.17, 15) is 9.59 Å². The maximum atomic E-state index is 11.9. The minimum atomic E-state index is -0.460. The van der Waals surface area contributed by atoms with E-state index in [1.807, 2.05) is 12.1 Å². The number of nitrogens with one attached hydrogen (secondary N) is 1. The van der Waals surface area contributed by atoms with Crippen LogP contribution in [0.25, 0.3) is 0 Å². The minimum Gasteiger partial charge on any atom is -0.452 e. The van der Waals surface area contributed by atoms with Crippen molar-refractivity contribution in [2.75, 3.05) is 6.61 Å². The quantitative estimate of drug-likeness (QED) is 0.623. The van der Waals surface area contributed by atoms with Gasteiger partial charge in [0.1, 0.15) is 0 Å². The number of hydrogen-bond acceptors (Lipinski definition) is 3. The fourth-order valence-corrected chi connectivity index (χ4v) is 2.94. The molecular formula is C16H20INO3. The third-order valence-corrected chi connectivity index (χ3v) is 4.59. The summed E-state index contributed by atoms with van der Waals surface area (Å²) in [5, 5.41) is 2.97. The molecule has 5 heteroatoms. The lowest BCUT2D eigenvalue weighted by Crippen LogP contribution is -2.42. The first kappa shape index (κ1) is 16.3. The number of amides is 1. The van der Waals surface area contributed by atoms with Crippen molar-refractivity contribution < 1.29 is 14.3 Å². The standard InChI is InChI=1S/C16H20INO3/c1-11-4-2-3-5-14(11)18-15(19)10-21-16(20)12-6-8-13(17)9-7-12/h6-9,11,14H,2-5,10H2,1H3,(H,18,19)/t11-,14-/m1/s1. The molecule has 1 aliphatic carbocycles. The van der Waals surface area contributed by atoms with Gasteiger partial charge in [-0.05, 0) is 65.6 Å². The predicted octanol–water partition coefficient (Wildman–Crippen LogP) is 3.14. The average Bonchev–Trinajstić information content (AvgIpc) is 2.48. The first-order valence-corrected chi connectivity index (χ1v) is 8.36. The van der Waals surface area contributed by atoms with Gasteiger partial charge in [-0.15, -0.1) is 0 Å². The highest BCUT2D eigenvalue weighted by molar-refractivity contribution is 14.1. The predicted molar refractivity (Wildman–Crippen MR) is 89.0 cm³/mol. The Morgan fingerprint density at radius 2 is 1.90 bits per heavy atom. The maximum absolute atomic E-state index is 11.9. The van der Waals surface area contributed by atoms with E-state index in [1.54, 1.807) is 12.1 Å². The average molecular weight is 401 g/mol. The van der Waals surface area contributed by atoms with Crippen molar-refractivity contribution in [1.82, 2.24) is 5.32 Å². The number of hydrogen-bond donors (Lipinski definition) is 1. The molecule has 2 atom stereocenters. The molecule has 0 radical (unpaired) electrons. The van der Waals surface area contributed by atoms with Gasteiger partial charge in [-0.2, -0.15) is 0 Å². The lowest BCUT2D eigenvalue weighted by molar-refractivity contribution is -0.125. The van der Waals surface area contributed by atoms with E-state index in [4.69, 9.17) is 4.74 Å². The van der Waals surface area contributed by atoms with Gasteiger partial charge in [0.2, 0.25) is 0 Å². The molecular weight excluding hydrogens is 381 g/mol. The summed E-state index contributed by atoms with van der Waals surface area (Å²) in [5.74, 6) is -0.180. The molecule has 0 unspecified atom stereocenters. The Kier molecular flexibility index (Phi) is 6.02. The molecule has 21 heavy (non-hydrogen) atoms. The normalized spacial score (nSPS) is 21.6. The lowest BCUT2D eigenvalue weighted by atomic mass is 9.86. The van der Waals surface area contributed by atoms with Crippen LogP contribution in [0.2, 0.25) is 0 Å². The van der Waals surface area contributed by atoms with Gasteiger partial charge >= 0.3 is 5.97 Å². The second-order valence-electron chi connectivity index (χ2n) is 5.52. The van der Waals surface area contributed by atoms with E-state index in [2.05, 4.69) is 34.8 Å². The third kappa shape index (κ3) is 4.98. The van der Waals surface area contributed by atoms with Gasteiger partial charge < -0.3 is 10.1 Å². The van der Waals surface area contributed by atoms with E-state index in [0.717, 1.165) is 22.8 Å². The first-order valence-electron chi connectivity index (χ1n) is 7.28. The highest BCUT2D eigenvalue weighted by atomic mass is 127. The van der Waals surface area contributed by atoms with E-state index in [-0.39, 0.29) is 18.6 Å². The SMILES string of the molecule is C[C@@H]1CCCC[C@H]1NC(=O)COC(=O)c1ccc(I)cc1. The van der Waals surface area contributed by atoms with Crippen LogP contribution in [0.1, 0.15) is 43.0 Å². The smallest absolute Gasteiger partial charge is 0.338 e. The molecule has 1 amide bonds. The summed E-state index contributed by atoms with van der Waals surface area (Å²) in [6, 6.07) is 7.28. The topological polar surface area (TPSA) is 55.4 Å².